The quantitative estimate of drug-likeness (QED) is 0.612. The highest BCUT2D eigenvalue weighted by molar-refractivity contribution is 7.80. The fourth-order valence-electron chi connectivity index (χ4n) is 1.56. The van der Waals surface area contributed by atoms with Crippen LogP contribution in [0.3, 0.4) is 0 Å². The van der Waals surface area contributed by atoms with E-state index in [1.165, 1.54) is 11.1 Å². The van der Waals surface area contributed by atoms with E-state index in [4.69, 9.17) is 17.0 Å². The Kier molecular flexibility index (Phi) is 6.68. The Hall–Kier alpha value is -1.13. The van der Waals surface area contributed by atoms with Gasteiger partial charge in [-0.1, -0.05) is 12.1 Å². The van der Waals surface area contributed by atoms with Gasteiger partial charge in [0.25, 0.3) is 0 Å². The maximum atomic E-state index is 5.26. The van der Waals surface area contributed by atoms with Crippen molar-refractivity contribution in [2.45, 2.75) is 27.2 Å². The maximum absolute atomic E-state index is 5.26. The summed E-state index contributed by atoms with van der Waals surface area (Å²) in [5, 5.41) is 7.07. The molecule has 0 aromatic heterocycles. The lowest BCUT2D eigenvalue weighted by Crippen LogP contribution is -2.30. The van der Waals surface area contributed by atoms with Crippen molar-refractivity contribution in [2.24, 2.45) is 0 Å². The molecular weight excluding hydrogens is 244 g/mol. The van der Waals surface area contributed by atoms with E-state index < -0.39 is 0 Å². The molecule has 100 valence electrons. The lowest BCUT2D eigenvalue weighted by Gasteiger charge is -2.13. The second-order valence-corrected chi connectivity index (χ2v) is 4.66. The number of benzene rings is 1. The molecule has 1 aromatic carbocycles. The molecule has 2 N–H and O–H groups in total. The van der Waals surface area contributed by atoms with Gasteiger partial charge in [-0.3, -0.25) is 0 Å². The third kappa shape index (κ3) is 5.47. The van der Waals surface area contributed by atoms with E-state index in [1.54, 1.807) is 0 Å². The Bertz CT molecular complexity index is 393. The van der Waals surface area contributed by atoms with Gasteiger partial charge in [-0.25, -0.2) is 0 Å². The van der Waals surface area contributed by atoms with E-state index in [9.17, 15) is 0 Å². The number of nitrogens with one attached hydrogen (secondary N) is 2. The van der Waals surface area contributed by atoms with Crippen LogP contribution in [0.25, 0.3) is 0 Å². The molecule has 0 spiro atoms. The van der Waals surface area contributed by atoms with Crippen LogP contribution in [0.2, 0.25) is 0 Å². The molecule has 0 radical (unpaired) electrons. The van der Waals surface area contributed by atoms with Gasteiger partial charge in [0.2, 0.25) is 0 Å². The first-order chi connectivity index (χ1) is 8.63. The molecule has 0 unspecified atom stereocenters. The van der Waals surface area contributed by atoms with Crippen molar-refractivity contribution in [1.29, 1.82) is 0 Å². The molecule has 0 saturated carbocycles. The van der Waals surface area contributed by atoms with E-state index in [-0.39, 0.29) is 0 Å². The first kappa shape index (κ1) is 14.9. The first-order valence-electron chi connectivity index (χ1n) is 6.33. The monoisotopic (exact) mass is 266 g/mol. The summed E-state index contributed by atoms with van der Waals surface area (Å²) >= 11 is 5.25. The van der Waals surface area contributed by atoms with Crippen molar-refractivity contribution in [3.8, 4) is 0 Å². The van der Waals surface area contributed by atoms with Crippen LogP contribution in [-0.4, -0.2) is 24.9 Å². The molecule has 0 aliphatic rings. The SMILES string of the molecule is CCOCCCNC(=S)Nc1cc(C)ccc1C. The second-order valence-electron chi connectivity index (χ2n) is 4.25. The molecule has 1 aromatic rings. The highest BCUT2D eigenvalue weighted by Gasteiger charge is 2.01. The average molecular weight is 266 g/mol. The van der Waals surface area contributed by atoms with Gasteiger partial charge in [0, 0.05) is 25.4 Å². The summed E-state index contributed by atoms with van der Waals surface area (Å²) < 4.78 is 5.26. The highest BCUT2D eigenvalue weighted by Crippen LogP contribution is 2.15. The molecule has 3 nitrogen and oxygen atoms in total. The molecule has 0 atom stereocenters. The topological polar surface area (TPSA) is 33.3 Å². The van der Waals surface area contributed by atoms with Crippen LogP contribution in [0, 0.1) is 13.8 Å². The summed E-state index contributed by atoms with van der Waals surface area (Å²) in [5.74, 6) is 0. The smallest absolute Gasteiger partial charge is 0.170 e. The third-order valence-electron chi connectivity index (χ3n) is 2.60. The fourth-order valence-corrected chi connectivity index (χ4v) is 1.77. The van der Waals surface area contributed by atoms with E-state index in [1.807, 2.05) is 6.92 Å². The van der Waals surface area contributed by atoms with Crippen molar-refractivity contribution in [3.05, 3.63) is 29.3 Å². The molecule has 0 aliphatic carbocycles. The van der Waals surface area contributed by atoms with E-state index in [0.717, 1.165) is 31.9 Å². The van der Waals surface area contributed by atoms with Crippen molar-refractivity contribution >= 4 is 23.0 Å². The fraction of sp³-hybridized carbons (Fsp3) is 0.500. The molecule has 0 aliphatic heterocycles. The first-order valence-corrected chi connectivity index (χ1v) is 6.74. The van der Waals surface area contributed by atoms with Gasteiger partial charge in [-0.15, -0.1) is 0 Å². The second kappa shape index (κ2) is 8.06. The lowest BCUT2D eigenvalue weighted by molar-refractivity contribution is 0.146. The van der Waals surface area contributed by atoms with Crippen molar-refractivity contribution in [1.82, 2.24) is 5.32 Å². The zero-order valence-corrected chi connectivity index (χ0v) is 12.2. The van der Waals surface area contributed by atoms with Crippen LogP contribution < -0.4 is 10.6 Å². The van der Waals surface area contributed by atoms with E-state index in [2.05, 4.69) is 42.7 Å². The summed E-state index contributed by atoms with van der Waals surface area (Å²) in [6.45, 7) is 8.51. The average Bonchev–Trinajstić information content (AvgIpc) is 2.33. The summed E-state index contributed by atoms with van der Waals surface area (Å²) in [6.07, 6.45) is 0.961. The molecule has 1 rings (SSSR count). The Morgan fingerprint density at radius 2 is 2.11 bits per heavy atom. The zero-order chi connectivity index (χ0) is 13.4. The summed E-state index contributed by atoms with van der Waals surface area (Å²) in [5.41, 5.74) is 3.48. The number of thiocarbonyl (C=S) groups is 1. The Labute approximate surface area is 115 Å². The van der Waals surface area contributed by atoms with Gasteiger partial charge >= 0.3 is 0 Å². The van der Waals surface area contributed by atoms with Gasteiger partial charge < -0.3 is 15.4 Å². The molecule has 18 heavy (non-hydrogen) atoms. The predicted molar refractivity (Wildman–Crippen MR) is 81.2 cm³/mol. The molecular formula is C14H22N2OS. The lowest BCUT2D eigenvalue weighted by atomic mass is 10.1. The largest absolute Gasteiger partial charge is 0.382 e. The summed E-state index contributed by atoms with van der Waals surface area (Å²) in [6, 6.07) is 6.29. The number of hydrogen-bond donors (Lipinski definition) is 2. The Morgan fingerprint density at radius 3 is 2.83 bits per heavy atom. The maximum Gasteiger partial charge on any atom is 0.170 e. The molecule has 0 bridgehead atoms. The van der Waals surface area contributed by atoms with Gasteiger partial charge in [0.1, 0.15) is 0 Å². The minimum Gasteiger partial charge on any atom is -0.382 e. The van der Waals surface area contributed by atoms with Crippen LogP contribution in [0.1, 0.15) is 24.5 Å². The molecule has 4 heteroatoms. The Balaban J connectivity index is 2.33. The van der Waals surface area contributed by atoms with Crippen molar-refractivity contribution < 1.29 is 4.74 Å². The van der Waals surface area contributed by atoms with Crippen molar-refractivity contribution in [3.63, 3.8) is 0 Å². The van der Waals surface area contributed by atoms with E-state index in [0.29, 0.717) is 5.11 Å². The summed E-state index contributed by atoms with van der Waals surface area (Å²) in [4.78, 5) is 0. The normalized spacial score (nSPS) is 10.2. The predicted octanol–water partition coefficient (Wildman–Crippen LogP) is 3.02. The highest BCUT2D eigenvalue weighted by atomic mass is 32.1. The minimum atomic E-state index is 0.667. The number of rotatable bonds is 6. The van der Waals surface area contributed by atoms with Crippen LogP contribution in [0.4, 0.5) is 5.69 Å². The van der Waals surface area contributed by atoms with Crippen LogP contribution in [0.15, 0.2) is 18.2 Å². The molecule has 0 amide bonds. The zero-order valence-electron chi connectivity index (χ0n) is 11.4. The summed E-state index contributed by atoms with van der Waals surface area (Å²) in [7, 11) is 0. The van der Waals surface area contributed by atoms with Gasteiger partial charge in [-0.2, -0.15) is 0 Å². The van der Waals surface area contributed by atoms with Crippen LogP contribution >= 0.6 is 12.2 Å². The number of ether oxygens (including phenoxy) is 1. The van der Waals surface area contributed by atoms with Crippen LogP contribution in [-0.2, 0) is 4.74 Å². The number of aryl methyl sites for hydroxylation is 2. The van der Waals surface area contributed by atoms with Crippen LogP contribution in [0.5, 0.6) is 0 Å². The molecule has 0 heterocycles. The number of hydrogen-bond acceptors (Lipinski definition) is 2. The third-order valence-corrected chi connectivity index (χ3v) is 2.84. The van der Waals surface area contributed by atoms with E-state index >= 15 is 0 Å². The van der Waals surface area contributed by atoms with Gasteiger partial charge in [0.05, 0.1) is 0 Å². The van der Waals surface area contributed by atoms with Gasteiger partial charge in [0.15, 0.2) is 5.11 Å². The number of anilines is 1. The molecule has 0 fully saturated rings. The Morgan fingerprint density at radius 1 is 1.33 bits per heavy atom. The minimum absolute atomic E-state index is 0.667. The van der Waals surface area contributed by atoms with Crippen molar-refractivity contribution in [2.75, 3.05) is 25.1 Å². The standard InChI is InChI=1S/C14H22N2OS/c1-4-17-9-5-8-15-14(18)16-13-10-11(2)6-7-12(13)3/h6-7,10H,4-5,8-9H2,1-3H3,(H2,15,16,18). The van der Waals surface area contributed by atoms with Gasteiger partial charge in [-0.05, 0) is 56.6 Å². The molecule has 0 saturated heterocycles.